The van der Waals surface area contributed by atoms with E-state index in [0.29, 0.717) is 17.8 Å². The van der Waals surface area contributed by atoms with E-state index in [9.17, 15) is 0 Å². The van der Waals surface area contributed by atoms with Crippen LogP contribution in [0.25, 0.3) is 0 Å². The second-order valence-corrected chi connectivity index (χ2v) is 5.13. The van der Waals surface area contributed by atoms with Gasteiger partial charge in [-0.05, 0) is 24.7 Å². The predicted molar refractivity (Wildman–Crippen MR) is 91.6 cm³/mol. The summed E-state index contributed by atoms with van der Waals surface area (Å²) in [6.45, 7) is 8.45. The third-order valence-electron chi connectivity index (χ3n) is 1.94. The minimum Gasteiger partial charge on any atom is -0.369 e. The standard InChI is InChI=1S/C7H16N4.C6H14N4/c1-6(2)4-5-10-11-7(8)9-3;1-5(2)3-4-9-10-6(7)8/h5-6H,4H2,1-3H3,(H3,8,9,11);4-5H,3H2,1-2H3,(H4,7,8,10)/b10-5+;9-4+. The van der Waals surface area contributed by atoms with E-state index >= 15 is 0 Å². The molecular weight excluding hydrogens is 268 g/mol. The molecule has 0 saturated carbocycles. The molecule has 8 heteroatoms. The molecule has 0 spiro atoms. The van der Waals surface area contributed by atoms with Crippen LogP contribution in [0.2, 0.25) is 0 Å². The minimum absolute atomic E-state index is 0.125. The number of aliphatic imine (C=N–C) groups is 1. The van der Waals surface area contributed by atoms with E-state index in [1.165, 1.54) is 0 Å². The van der Waals surface area contributed by atoms with E-state index in [-0.39, 0.29) is 5.96 Å². The fourth-order valence-corrected chi connectivity index (χ4v) is 0.804. The van der Waals surface area contributed by atoms with E-state index in [4.69, 9.17) is 16.9 Å². The van der Waals surface area contributed by atoms with Gasteiger partial charge in [0.15, 0.2) is 0 Å². The van der Waals surface area contributed by atoms with Crippen LogP contribution in [0.5, 0.6) is 0 Å². The topological polar surface area (TPSA) is 137 Å². The Labute approximate surface area is 127 Å². The number of hydrazone groups is 2. The van der Waals surface area contributed by atoms with E-state index in [2.05, 4.69) is 53.7 Å². The predicted octanol–water partition coefficient (Wildman–Crippen LogP) is 1.05. The highest BCUT2D eigenvalue weighted by Crippen LogP contribution is 1.94. The maximum atomic E-state index is 6.73. The van der Waals surface area contributed by atoms with Crippen molar-refractivity contribution in [2.45, 2.75) is 40.5 Å². The Morgan fingerprint density at radius 1 is 1.00 bits per heavy atom. The van der Waals surface area contributed by atoms with Crippen molar-refractivity contribution < 1.29 is 0 Å². The highest BCUT2D eigenvalue weighted by Gasteiger charge is 1.88. The van der Waals surface area contributed by atoms with Crippen molar-refractivity contribution in [1.82, 2.24) is 10.9 Å². The molecule has 122 valence electrons. The largest absolute Gasteiger partial charge is 0.369 e. The SMILES string of the molecule is CC(C)C/C=N/NC(=N)N.CN=C(N)N/N=C/CC(C)C. The molecule has 0 radical (unpaired) electrons. The maximum Gasteiger partial charge on any atom is 0.209 e. The quantitative estimate of drug-likeness (QED) is 0.284. The van der Waals surface area contributed by atoms with Crippen molar-refractivity contribution >= 4 is 24.3 Å². The van der Waals surface area contributed by atoms with Gasteiger partial charge in [-0.3, -0.25) is 10.4 Å². The van der Waals surface area contributed by atoms with E-state index in [0.717, 1.165) is 12.8 Å². The fourth-order valence-electron chi connectivity index (χ4n) is 0.804. The highest BCUT2D eigenvalue weighted by molar-refractivity contribution is 5.78. The molecule has 0 fully saturated rings. The number of hydrogen-bond donors (Lipinski definition) is 5. The summed E-state index contributed by atoms with van der Waals surface area (Å²) in [5.41, 5.74) is 15.2. The van der Waals surface area contributed by atoms with Crippen molar-refractivity contribution in [3.8, 4) is 0 Å². The summed E-state index contributed by atoms with van der Waals surface area (Å²) >= 11 is 0. The maximum absolute atomic E-state index is 6.73. The average Bonchev–Trinajstić information content (AvgIpc) is 2.39. The Kier molecular flexibility index (Phi) is 14.4. The zero-order valence-electron chi connectivity index (χ0n) is 13.7. The van der Waals surface area contributed by atoms with Gasteiger partial charge in [0.1, 0.15) is 0 Å². The molecule has 7 N–H and O–H groups in total. The van der Waals surface area contributed by atoms with Crippen LogP contribution in [-0.2, 0) is 0 Å². The van der Waals surface area contributed by atoms with Crippen LogP contribution in [0.3, 0.4) is 0 Å². The fraction of sp³-hybridized carbons (Fsp3) is 0.692. The normalized spacial score (nSPS) is 11.9. The van der Waals surface area contributed by atoms with Crippen LogP contribution in [-0.4, -0.2) is 31.4 Å². The molecule has 0 aliphatic rings. The first-order valence-corrected chi connectivity index (χ1v) is 6.90. The molecule has 0 aliphatic carbocycles. The summed E-state index contributed by atoms with van der Waals surface area (Å²) in [7, 11) is 1.61. The van der Waals surface area contributed by atoms with Gasteiger partial charge in [-0.1, -0.05) is 27.7 Å². The van der Waals surface area contributed by atoms with E-state index < -0.39 is 0 Å². The smallest absolute Gasteiger partial charge is 0.209 e. The second kappa shape index (κ2) is 14.3. The van der Waals surface area contributed by atoms with Gasteiger partial charge in [0.05, 0.1) is 0 Å². The molecule has 0 amide bonds. The first-order chi connectivity index (χ1) is 9.79. The van der Waals surface area contributed by atoms with Gasteiger partial charge in [0.25, 0.3) is 0 Å². The van der Waals surface area contributed by atoms with Gasteiger partial charge in [0, 0.05) is 19.5 Å². The number of nitrogens with one attached hydrogen (secondary N) is 3. The van der Waals surface area contributed by atoms with Gasteiger partial charge in [-0.15, -0.1) is 0 Å². The lowest BCUT2D eigenvalue weighted by Crippen LogP contribution is -2.26. The van der Waals surface area contributed by atoms with Crippen molar-refractivity contribution in [2.24, 2.45) is 38.5 Å². The molecule has 0 aromatic rings. The Balaban J connectivity index is 0. The Bertz CT molecular complexity index is 344. The Morgan fingerprint density at radius 3 is 1.76 bits per heavy atom. The van der Waals surface area contributed by atoms with Crippen molar-refractivity contribution in [3.63, 3.8) is 0 Å². The van der Waals surface area contributed by atoms with Crippen molar-refractivity contribution in [3.05, 3.63) is 0 Å². The molecule has 0 saturated heterocycles. The second-order valence-electron chi connectivity index (χ2n) is 5.13. The van der Waals surface area contributed by atoms with Crippen LogP contribution >= 0.6 is 0 Å². The molecule has 0 aromatic carbocycles. The van der Waals surface area contributed by atoms with Crippen molar-refractivity contribution in [1.29, 1.82) is 5.41 Å². The highest BCUT2D eigenvalue weighted by atomic mass is 15.3. The van der Waals surface area contributed by atoms with Crippen LogP contribution in [0.1, 0.15) is 40.5 Å². The van der Waals surface area contributed by atoms with Crippen LogP contribution in [0.15, 0.2) is 15.2 Å². The van der Waals surface area contributed by atoms with Gasteiger partial charge in [-0.25, -0.2) is 10.9 Å². The van der Waals surface area contributed by atoms with Gasteiger partial charge >= 0.3 is 0 Å². The summed E-state index contributed by atoms with van der Waals surface area (Å²) in [4.78, 5) is 3.67. The summed E-state index contributed by atoms with van der Waals surface area (Å²) < 4.78 is 0. The van der Waals surface area contributed by atoms with Crippen LogP contribution in [0, 0.1) is 17.2 Å². The monoisotopic (exact) mass is 298 g/mol. The van der Waals surface area contributed by atoms with Gasteiger partial charge in [-0.2, -0.15) is 10.2 Å². The molecule has 0 bridgehead atoms. The van der Waals surface area contributed by atoms with Crippen LogP contribution in [0.4, 0.5) is 0 Å². The zero-order valence-corrected chi connectivity index (χ0v) is 13.7. The lowest BCUT2D eigenvalue weighted by atomic mass is 10.2. The van der Waals surface area contributed by atoms with Crippen LogP contribution < -0.4 is 22.3 Å². The molecule has 0 atom stereocenters. The lowest BCUT2D eigenvalue weighted by Gasteiger charge is -1.97. The molecule has 0 aromatic heterocycles. The lowest BCUT2D eigenvalue weighted by molar-refractivity contribution is 0.688. The number of nitrogens with two attached hydrogens (primary N) is 2. The molecule has 21 heavy (non-hydrogen) atoms. The number of nitrogens with zero attached hydrogens (tertiary/aromatic N) is 3. The summed E-state index contributed by atoms with van der Waals surface area (Å²) in [5, 5.41) is 14.3. The molecular formula is C13H30N8. The average molecular weight is 298 g/mol. The van der Waals surface area contributed by atoms with Gasteiger partial charge in [0.2, 0.25) is 11.9 Å². The first-order valence-electron chi connectivity index (χ1n) is 6.90. The molecule has 0 rings (SSSR count). The summed E-state index contributed by atoms with van der Waals surface area (Å²) in [6.07, 6.45) is 5.36. The number of hydrogen-bond acceptors (Lipinski definition) is 4. The minimum atomic E-state index is -0.125. The molecule has 0 heterocycles. The Morgan fingerprint density at radius 2 is 1.43 bits per heavy atom. The zero-order chi connectivity index (χ0) is 16.7. The summed E-state index contributed by atoms with van der Waals surface area (Å²) in [6, 6.07) is 0. The van der Waals surface area contributed by atoms with Gasteiger partial charge < -0.3 is 11.5 Å². The molecule has 0 unspecified atom stereocenters. The number of rotatable bonds is 6. The first kappa shape index (κ1) is 21.2. The van der Waals surface area contributed by atoms with Crippen molar-refractivity contribution in [2.75, 3.05) is 7.05 Å². The molecule has 0 aliphatic heterocycles. The van der Waals surface area contributed by atoms with E-state index in [1.807, 2.05) is 0 Å². The number of guanidine groups is 2. The molecule has 8 nitrogen and oxygen atoms in total. The third kappa shape index (κ3) is 23.4. The van der Waals surface area contributed by atoms with E-state index in [1.54, 1.807) is 19.5 Å². The summed E-state index contributed by atoms with van der Waals surface area (Å²) in [5.74, 6) is 1.43. The Hall–Kier alpha value is -2.12. The third-order valence-corrected chi connectivity index (χ3v) is 1.94.